The Morgan fingerprint density at radius 3 is 2.32 bits per heavy atom. The summed E-state index contributed by atoms with van der Waals surface area (Å²) < 4.78 is 0. The quantitative estimate of drug-likeness (QED) is 0.877. The molecule has 0 unspecified atom stereocenters. The van der Waals surface area contributed by atoms with E-state index in [2.05, 4.69) is 11.4 Å². The Kier molecular flexibility index (Phi) is 4.43. The summed E-state index contributed by atoms with van der Waals surface area (Å²) in [5.41, 5.74) is 1.93. The summed E-state index contributed by atoms with van der Waals surface area (Å²) in [5.74, 6) is -0.180. The van der Waals surface area contributed by atoms with E-state index in [-0.39, 0.29) is 12.0 Å². The fourth-order valence-electron chi connectivity index (χ4n) is 1.99. The van der Waals surface area contributed by atoms with E-state index < -0.39 is 0 Å². The SMILES string of the molecule is C[C@@H](C#N)[C@H](Nc1ccccc1)c1ccccc1Cl. The molecule has 96 valence electrons. The van der Waals surface area contributed by atoms with Gasteiger partial charge in [-0.2, -0.15) is 5.26 Å². The van der Waals surface area contributed by atoms with E-state index in [1.165, 1.54) is 0 Å². The predicted octanol–water partition coefficient (Wildman–Crippen LogP) is 4.65. The fraction of sp³-hybridized carbons (Fsp3) is 0.188. The van der Waals surface area contributed by atoms with Gasteiger partial charge in [-0.05, 0) is 30.7 Å². The Hall–Kier alpha value is -1.98. The molecule has 19 heavy (non-hydrogen) atoms. The summed E-state index contributed by atoms with van der Waals surface area (Å²) in [6.45, 7) is 1.89. The molecule has 3 heteroatoms. The number of benzene rings is 2. The van der Waals surface area contributed by atoms with Crippen LogP contribution < -0.4 is 5.32 Å². The predicted molar refractivity (Wildman–Crippen MR) is 79.0 cm³/mol. The summed E-state index contributed by atoms with van der Waals surface area (Å²) in [7, 11) is 0. The first-order chi connectivity index (χ1) is 9.22. The molecular weight excluding hydrogens is 256 g/mol. The molecule has 2 rings (SSSR count). The van der Waals surface area contributed by atoms with Crippen molar-refractivity contribution < 1.29 is 0 Å². The van der Waals surface area contributed by atoms with Crippen LogP contribution in [0, 0.1) is 17.2 Å². The van der Waals surface area contributed by atoms with Crippen LogP contribution in [0.25, 0.3) is 0 Å². The van der Waals surface area contributed by atoms with Gasteiger partial charge in [0.05, 0.1) is 18.0 Å². The molecule has 0 fully saturated rings. The van der Waals surface area contributed by atoms with Crippen molar-refractivity contribution in [3.63, 3.8) is 0 Å². The molecule has 0 bridgehead atoms. The molecule has 0 aromatic heterocycles. The van der Waals surface area contributed by atoms with Crippen LogP contribution in [0.15, 0.2) is 54.6 Å². The number of hydrogen-bond donors (Lipinski definition) is 1. The van der Waals surface area contributed by atoms with E-state index in [4.69, 9.17) is 11.6 Å². The highest BCUT2D eigenvalue weighted by molar-refractivity contribution is 6.31. The van der Waals surface area contributed by atoms with Crippen LogP contribution in [-0.4, -0.2) is 0 Å². The molecule has 0 heterocycles. The van der Waals surface area contributed by atoms with Crippen molar-refractivity contribution in [2.75, 3.05) is 5.32 Å². The van der Waals surface area contributed by atoms with E-state index in [1.54, 1.807) is 0 Å². The van der Waals surface area contributed by atoms with Crippen LogP contribution in [0.2, 0.25) is 5.02 Å². The van der Waals surface area contributed by atoms with Gasteiger partial charge < -0.3 is 5.32 Å². The average Bonchev–Trinajstić information content (AvgIpc) is 2.46. The lowest BCUT2D eigenvalue weighted by atomic mass is 9.95. The van der Waals surface area contributed by atoms with Crippen LogP contribution >= 0.6 is 11.6 Å². The Bertz CT molecular complexity index is 575. The third-order valence-electron chi connectivity index (χ3n) is 3.04. The molecule has 0 saturated heterocycles. The zero-order valence-corrected chi connectivity index (χ0v) is 11.4. The van der Waals surface area contributed by atoms with E-state index in [0.29, 0.717) is 5.02 Å². The molecule has 2 atom stereocenters. The summed E-state index contributed by atoms with van der Waals surface area (Å²) >= 11 is 6.24. The largest absolute Gasteiger partial charge is 0.377 e. The lowest BCUT2D eigenvalue weighted by Gasteiger charge is -2.23. The van der Waals surface area contributed by atoms with E-state index in [0.717, 1.165) is 11.3 Å². The Labute approximate surface area is 118 Å². The number of nitrogens with one attached hydrogen (secondary N) is 1. The Balaban J connectivity index is 2.33. The molecule has 0 aliphatic heterocycles. The normalized spacial score (nSPS) is 13.3. The zero-order valence-electron chi connectivity index (χ0n) is 10.7. The van der Waals surface area contributed by atoms with Crippen LogP contribution in [0.1, 0.15) is 18.5 Å². The highest BCUT2D eigenvalue weighted by Crippen LogP contribution is 2.31. The first-order valence-electron chi connectivity index (χ1n) is 6.18. The lowest BCUT2D eigenvalue weighted by Crippen LogP contribution is -2.18. The smallest absolute Gasteiger partial charge is 0.0683 e. The minimum absolute atomic E-state index is 0.124. The highest BCUT2D eigenvalue weighted by atomic mass is 35.5. The van der Waals surface area contributed by atoms with Crippen molar-refractivity contribution in [2.45, 2.75) is 13.0 Å². The van der Waals surface area contributed by atoms with E-state index in [9.17, 15) is 5.26 Å². The lowest BCUT2D eigenvalue weighted by molar-refractivity contribution is 0.616. The van der Waals surface area contributed by atoms with Crippen molar-refractivity contribution in [2.24, 2.45) is 5.92 Å². The van der Waals surface area contributed by atoms with Crippen LogP contribution in [0.4, 0.5) is 5.69 Å². The van der Waals surface area contributed by atoms with Gasteiger partial charge in [0.15, 0.2) is 0 Å². The number of rotatable bonds is 4. The second-order valence-electron chi connectivity index (χ2n) is 4.43. The molecule has 0 radical (unpaired) electrons. The zero-order chi connectivity index (χ0) is 13.7. The first kappa shape index (κ1) is 13.5. The minimum Gasteiger partial charge on any atom is -0.377 e. The first-order valence-corrected chi connectivity index (χ1v) is 6.56. The molecule has 0 amide bonds. The van der Waals surface area contributed by atoms with Crippen molar-refractivity contribution in [1.29, 1.82) is 5.26 Å². The molecule has 1 N–H and O–H groups in total. The van der Waals surface area contributed by atoms with Crippen molar-refractivity contribution in [3.8, 4) is 6.07 Å². The van der Waals surface area contributed by atoms with Gasteiger partial charge >= 0.3 is 0 Å². The molecule has 0 aliphatic carbocycles. The monoisotopic (exact) mass is 270 g/mol. The highest BCUT2D eigenvalue weighted by Gasteiger charge is 2.21. The topological polar surface area (TPSA) is 35.8 Å². The maximum atomic E-state index is 9.20. The van der Waals surface area contributed by atoms with Crippen molar-refractivity contribution >= 4 is 17.3 Å². The van der Waals surface area contributed by atoms with Gasteiger partial charge in [0, 0.05) is 10.7 Å². The van der Waals surface area contributed by atoms with Crippen LogP contribution in [0.3, 0.4) is 0 Å². The van der Waals surface area contributed by atoms with Gasteiger partial charge in [-0.3, -0.25) is 0 Å². The van der Waals surface area contributed by atoms with E-state index >= 15 is 0 Å². The number of nitriles is 1. The molecule has 2 nitrogen and oxygen atoms in total. The molecular formula is C16H15ClN2. The maximum absolute atomic E-state index is 9.20. The molecule has 0 aliphatic rings. The number of anilines is 1. The third-order valence-corrected chi connectivity index (χ3v) is 3.38. The van der Waals surface area contributed by atoms with Crippen molar-refractivity contribution in [3.05, 3.63) is 65.2 Å². The minimum atomic E-state index is -0.180. The van der Waals surface area contributed by atoms with Crippen LogP contribution in [0.5, 0.6) is 0 Å². The molecule has 2 aromatic carbocycles. The second-order valence-corrected chi connectivity index (χ2v) is 4.83. The molecule has 0 saturated carbocycles. The number of hydrogen-bond acceptors (Lipinski definition) is 2. The van der Waals surface area contributed by atoms with Gasteiger partial charge in [-0.1, -0.05) is 48.0 Å². The van der Waals surface area contributed by atoms with Crippen molar-refractivity contribution in [1.82, 2.24) is 0 Å². The molecule has 2 aromatic rings. The fourth-order valence-corrected chi connectivity index (χ4v) is 2.24. The standard InChI is InChI=1S/C16H15ClN2/c1-12(11-18)16(14-9-5-6-10-15(14)17)19-13-7-3-2-4-8-13/h2-10,12,16,19H,1H3/t12-,16-/m0/s1. The average molecular weight is 271 g/mol. The van der Waals surface area contributed by atoms with Gasteiger partial charge in [0.25, 0.3) is 0 Å². The van der Waals surface area contributed by atoms with E-state index in [1.807, 2.05) is 61.5 Å². The molecule has 0 spiro atoms. The number of nitrogens with zero attached hydrogens (tertiary/aromatic N) is 1. The van der Waals surface area contributed by atoms with Gasteiger partial charge in [0.2, 0.25) is 0 Å². The maximum Gasteiger partial charge on any atom is 0.0683 e. The number of halogens is 1. The third kappa shape index (κ3) is 3.27. The number of para-hydroxylation sites is 1. The van der Waals surface area contributed by atoms with Gasteiger partial charge in [-0.15, -0.1) is 0 Å². The summed E-state index contributed by atoms with van der Waals surface area (Å²) in [5, 5.41) is 13.3. The van der Waals surface area contributed by atoms with Gasteiger partial charge in [-0.25, -0.2) is 0 Å². The summed E-state index contributed by atoms with van der Waals surface area (Å²) in [6, 6.07) is 19.6. The summed E-state index contributed by atoms with van der Waals surface area (Å²) in [4.78, 5) is 0. The van der Waals surface area contributed by atoms with Crippen LogP contribution in [-0.2, 0) is 0 Å². The summed E-state index contributed by atoms with van der Waals surface area (Å²) in [6.07, 6.45) is 0. The Morgan fingerprint density at radius 2 is 1.68 bits per heavy atom. The second kappa shape index (κ2) is 6.26. The Morgan fingerprint density at radius 1 is 1.05 bits per heavy atom. The van der Waals surface area contributed by atoms with Gasteiger partial charge in [0.1, 0.15) is 0 Å².